The van der Waals surface area contributed by atoms with Crippen molar-refractivity contribution >= 4 is 22.6 Å². The van der Waals surface area contributed by atoms with E-state index in [9.17, 15) is 0 Å². The van der Waals surface area contributed by atoms with Gasteiger partial charge in [0.15, 0.2) is 5.17 Å². The molecule has 0 unspecified atom stereocenters. The zero-order chi connectivity index (χ0) is 14.9. The van der Waals surface area contributed by atoms with Gasteiger partial charge >= 0.3 is 0 Å². The SMILES string of the molecule is CC(C)(C)c1ccc(NC2=NCC3(CCCC3)CS2)cc1. The van der Waals surface area contributed by atoms with Crippen molar-refractivity contribution in [3.8, 4) is 0 Å². The van der Waals surface area contributed by atoms with Gasteiger partial charge in [0.1, 0.15) is 0 Å². The second-order valence-electron chi connectivity index (χ2n) is 7.57. The van der Waals surface area contributed by atoms with Gasteiger partial charge in [-0.25, -0.2) is 0 Å². The van der Waals surface area contributed by atoms with Crippen molar-refractivity contribution in [1.82, 2.24) is 0 Å². The lowest BCUT2D eigenvalue weighted by Crippen LogP contribution is -2.30. The van der Waals surface area contributed by atoms with Crippen molar-refractivity contribution in [1.29, 1.82) is 0 Å². The molecule has 2 aliphatic rings. The summed E-state index contributed by atoms with van der Waals surface area (Å²) in [4.78, 5) is 4.80. The molecule has 21 heavy (non-hydrogen) atoms. The largest absolute Gasteiger partial charge is 0.335 e. The van der Waals surface area contributed by atoms with Gasteiger partial charge in [-0.1, -0.05) is 57.5 Å². The standard InChI is InChI=1S/C18H26N2S/c1-17(2,3)14-6-8-15(9-7-14)20-16-19-12-18(13-21-16)10-4-5-11-18/h6-9H,4-5,10-13H2,1-3H3,(H,19,20). The highest BCUT2D eigenvalue weighted by molar-refractivity contribution is 8.14. The maximum atomic E-state index is 4.80. The Morgan fingerprint density at radius 2 is 1.76 bits per heavy atom. The maximum absolute atomic E-state index is 4.80. The highest BCUT2D eigenvalue weighted by Crippen LogP contribution is 2.43. The number of hydrogen-bond donors (Lipinski definition) is 1. The van der Waals surface area contributed by atoms with Gasteiger partial charge in [0, 0.05) is 18.0 Å². The van der Waals surface area contributed by atoms with Gasteiger partial charge in [0.05, 0.1) is 0 Å². The van der Waals surface area contributed by atoms with E-state index in [1.807, 2.05) is 11.8 Å². The van der Waals surface area contributed by atoms with Crippen LogP contribution in [0.15, 0.2) is 29.3 Å². The maximum Gasteiger partial charge on any atom is 0.161 e. The zero-order valence-corrected chi connectivity index (χ0v) is 14.2. The molecular weight excluding hydrogens is 276 g/mol. The van der Waals surface area contributed by atoms with Crippen LogP contribution in [0.25, 0.3) is 0 Å². The third-order valence-electron chi connectivity index (χ3n) is 4.74. The van der Waals surface area contributed by atoms with Gasteiger partial charge in [0.2, 0.25) is 0 Å². The number of amidine groups is 1. The van der Waals surface area contributed by atoms with Crippen LogP contribution in [-0.4, -0.2) is 17.5 Å². The smallest absolute Gasteiger partial charge is 0.161 e. The van der Waals surface area contributed by atoms with Crippen LogP contribution in [0.2, 0.25) is 0 Å². The lowest BCUT2D eigenvalue weighted by Gasteiger charge is -2.31. The van der Waals surface area contributed by atoms with E-state index < -0.39 is 0 Å². The molecule has 0 atom stereocenters. The van der Waals surface area contributed by atoms with Gasteiger partial charge in [-0.3, -0.25) is 4.99 Å². The van der Waals surface area contributed by atoms with E-state index in [1.54, 1.807) is 0 Å². The lowest BCUT2D eigenvalue weighted by atomic mass is 9.87. The fourth-order valence-electron chi connectivity index (χ4n) is 3.23. The first-order valence-electron chi connectivity index (χ1n) is 8.02. The normalized spacial score (nSPS) is 21.4. The van der Waals surface area contributed by atoms with Crippen molar-refractivity contribution < 1.29 is 0 Å². The van der Waals surface area contributed by atoms with Crippen molar-refractivity contribution in [3.63, 3.8) is 0 Å². The van der Waals surface area contributed by atoms with Crippen LogP contribution in [0.1, 0.15) is 52.0 Å². The Balaban J connectivity index is 1.63. The average molecular weight is 302 g/mol. The van der Waals surface area contributed by atoms with Crippen molar-refractivity contribution in [3.05, 3.63) is 29.8 Å². The summed E-state index contributed by atoms with van der Waals surface area (Å²) in [7, 11) is 0. The Hall–Kier alpha value is -0.960. The van der Waals surface area contributed by atoms with E-state index >= 15 is 0 Å². The molecule has 1 aliphatic heterocycles. The quantitative estimate of drug-likeness (QED) is 0.784. The van der Waals surface area contributed by atoms with E-state index in [2.05, 4.69) is 50.4 Å². The van der Waals surface area contributed by atoms with Crippen LogP contribution in [-0.2, 0) is 5.41 Å². The van der Waals surface area contributed by atoms with Crippen LogP contribution < -0.4 is 5.32 Å². The van der Waals surface area contributed by atoms with Crippen LogP contribution in [0.3, 0.4) is 0 Å². The summed E-state index contributed by atoms with van der Waals surface area (Å²) in [5.74, 6) is 1.24. The van der Waals surface area contributed by atoms with Crippen molar-refractivity contribution in [2.24, 2.45) is 10.4 Å². The van der Waals surface area contributed by atoms with Crippen LogP contribution in [0.5, 0.6) is 0 Å². The molecule has 3 rings (SSSR count). The molecule has 2 nitrogen and oxygen atoms in total. The Kier molecular flexibility index (Phi) is 4.04. The Labute approximate surface area is 132 Å². The molecule has 1 spiro atoms. The molecule has 0 amide bonds. The minimum Gasteiger partial charge on any atom is -0.335 e. The molecule has 3 heteroatoms. The van der Waals surface area contributed by atoms with E-state index in [0.717, 1.165) is 17.4 Å². The number of thioether (sulfide) groups is 1. The van der Waals surface area contributed by atoms with Crippen LogP contribution >= 0.6 is 11.8 Å². The molecule has 1 aromatic carbocycles. The molecule has 114 valence electrons. The molecule has 1 aromatic rings. The predicted octanol–water partition coefficient (Wildman–Crippen LogP) is 5.06. The third kappa shape index (κ3) is 3.45. The second-order valence-corrected chi connectivity index (χ2v) is 8.53. The summed E-state index contributed by atoms with van der Waals surface area (Å²) in [6, 6.07) is 8.77. The van der Waals surface area contributed by atoms with E-state index in [1.165, 1.54) is 37.0 Å². The fraction of sp³-hybridized carbons (Fsp3) is 0.611. The molecule has 0 aromatic heterocycles. The number of nitrogens with zero attached hydrogens (tertiary/aromatic N) is 1. The monoisotopic (exact) mass is 302 g/mol. The number of benzene rings is 1. The van der Waals surface area contributed by atoms with Gasteiger partial charge in [0.25, 0.3) is 0 Å². The average Bonchev–Trinajstić information content (AvgIpc) is 2.90. The number of hydrogen-bond acceptors (Lipinski definition) is 3. The number of anilines is 1. The van der Waals surface area contributed by atoms with Gasteiger partial charge in [-0.15, -0.1) is 0 Å². The Morgan fingerprint density at radius 1 is 1.10 bits per heavy atom. The minimum absolute atomic E-state index is 0.213. The second kappa shape index (κ2) is 5.68. The first-order chi connectivity index (χ1) is 9.97. The predicted molar refractivity (Wildman–Crippen MR) is 94.4 cm³/mol. The van der Waals surface area contributed by atoms with Gasteiger partial charge < -0.3 is 5.32 Å². The van der Waals surface area contributed by atoms with E-state index in [-0.39, 0.29) is 5.41 Å². The zero-order valence-electron chi connectivity index (χ0n) is 13.4. The third-order valence-corrected chi connectivity index (χ3v) is 6.00. The Morgan fingerprint density at radius 3 is 2.29 bits per heavy atom. The van der Waals surface area contributed by atoms with Gasteiger partial charge in [-0.05, 0) is 41.4 Å². The highest BCUT2D eigenvalue weighted by atomic mass is 32.2. The lowest BCUT2D eigenvalue weighted by molar-refractivity contribution is 0.359. The highest BCUT2D eigenvalue weighted by Gasteiger charge is 2.36. The molecular formula is C18H26N2S. The van der Waals surface area contributed by atoms with Crippen LogP contribution in [0.4, 0.5) is 5.69 Å². The Bertz CT molecular complexity index is 519. The van der Waals surface area contributed by atoms with Gasteiger partial charge in [-0.2, -0.15) is 0 Å². The first kappa shape index (κ1) is 15.0. The number of aliphatic imine (C=N–C) groups is 1. The first-order valence-corrected chi connectivity index (χ1v) is 9.00. The molecule has 1 aliphatic carbocycles. The molecule has 1 saturated carbocycles. The number of nitrogens with one attached hydrogen (secondary N) is 1. The summed E-state index contributed by atoms with van der Waals surface area (Å²) < 4.78 is 0. The van der Waals surface area contributed by atoms with E-state index in [0.29, 0.717) is 5.41 Å². The van der Waals surface area contributed by atoms with Crippen LogP contribution in [0, 0.1) is 5.41 Å². The molecule has 1 fully saturated rings. The topological polar surface area (TPSA) is 24.4 Å². The van der Waals surface area contributed by atoms with Crippen molar-refractivity contribution in [2.45, 2.75) is 51.9 Å². The van der Waals surface area contributed by atoms with E-state index in [4.69, 9.17) is 4.99 Å². The summed E-state index contributed by atoms with van der Waals surface area (Å²) in [6.07, 6.45) is 5.54. The summed E-state index contributed by atoms with van der Waals surface area (Å²) in [5, 5.41) is 4.57. The summed E-state index contributed by atoms with van der Waals surface area (Å²) in [6.45, 7) is 7.76. The summed E-state index contributed by atoms with van der Waals surface area (Å²) in [5.41, 5.74) is 3.25. The number of rotatable bonds is 1. The minimum atomic E-state index is 0.213. The molecule has 0 saturated heterocycles. The molecule has 1 N–H and O–H groups in total. The van der Waals surface area contributed by atoms with Crippen molar-refractivity contribution in [2.75, 3.05) is 17.6 Å². The fourth-order valence-corrected chi connectivity index (χ4v) is 4.40. The summed E-state index contributed by atoms with van der Waals surface area (Å²) >= 11 is 1.90. The molecule has 0 bridgehead atoms. The molecule has 0 radical (unpaired) electrons. The molecule has 1 heterocycles.